The fraction of sp³-hybridized carbons (Fsp3) is 0.923. The van der Waals surface area contributed by atoms with Crippen molar-refractivity contribution in [2.75, 3.05) is 26.2 Å². The topological polar surface area (TPSA) is 29.5 Å². The summed E-state index contributed by atoms with van der Waals surface area (Å²) in [6, 6.07) is 0. The summed E-state index contributed by atoms with van der Waals surface area (Å²) >= 11 is 0. The minimum absolute atomic E-state index is 0.0690. The Morgan fingerprint density at radius 1 is 1.00 bits per heavy atom. The lowest BCUT2D eigenvalue weighted by atomic mass is 10.2. The van der Waals surface area contributed by atoms with Gasteiger partial charge in [-0.1, -0.05) is 26.7 Å². The van der Waals surface area contributed by atoms with Gasteiger partial charge in [-0.15, -0.1) is 0 Å². The molecule has 0 unspecified atom stereocenters. The minimum atomic E-state index is -0.0690. The second-order valence-corrected chi connectivity index (χ2v) is 4.10. The molecule has 0 aromatic rings. The maximum atomic E-state index is 11.2. The van der Waals surface area contributed by atoms with Gasteiger partial charge in [0.15, 0.2) is 0 Å². The number of rotatable bonds is 10. The molecule has 0 atom stereocenters. The molecule has 0 amide bonds. The van der Waals surface area contributed by atoms with Crippen LogP contribution in [0.5, 0.6) is 0 Å². The second kappa shape index (κ2) is 10.9. The standard InChI is InChI=1S/C13H27NO2/c1-4-7-10-14(11-8-5-2)12-9-13(15)16-6-3/h4-12H2,1-3H3. The summed E-state index contributed by atoms with van der Waals surface area (Å²) < 4.78 is 4.94. The van der Waals surface area contributed by atoms with Gasteiger partial charge in [-0.05, 0) is 32.9 Å². The van der Waals surface area contributed by atoms with Crippen molar-refractivity contribution in [1.82, 2.24) is 4.90 Å². The molecule has 0 saturated heterocycles. The summed E-state index contributed by atoms with van der Waals surface area (Å²) in [5.74, 6) is -0.0690. The molecule has 0 saturated carbocycles. The van der Waals surface area contributed by atoms with Crippen LogP contribution in [0.1, 0.15) is 52.9 Å². The lowest BCUT2D eigenvalue weighted by Gasteiger charge is -2.21. The van der Waals surface area contributed by atoms with Crippen molar-refractivity contribution >= 4 is 5.97 Å². The SMILES string of the molecule is CCCCN(CCCC)CCC(=O)OCC. The Bertz CT molecular complexity index is 163. The lowest BCUT2D eigenvalue weighted by Crippen LogP contribution is -2.29. The number of unbranched alkanes of at least 4 members (excludes halogenated alkanes) is 2. The van der Waals surface area contributed by atoms with Crippen LogP contribution in [0.4, 0.5) is 0 Å². The molecule has 0 aliphatic carbocycles. The molecule has 3 heteroatoms. The number of esters is 1. The zero-order valence-electron chi connectivity index (χ0n) is 11.1. The molecule has 0 aromatic carbocycles. The first-order chi connectivity index (χ1) is 7.74. The lowest BCUT2D eigenvalue weighted by molar-refractivity contribution is -0.143. The van der Waals surface area contributed by atoms with Crippen LogP contribution in [0.2, 0.25) is 0 Å². The highest BCUT2D eigenvalue weighted by molar-refractivity contribution is 5.69. The van der Waals surface area contributed by atoms with E-state index in [1.165, 1.54) is 25.7 Å². The predicted molar refractivity (Wildman–Crippen MR) is 67.5 cm³/mol. The van der Waals surface area contributed by atoms with Gasteiger partial charge in [-0.3, -0.25) is 4.79 Å². The predicted octanol–water partition coefficient (Wildman–Crippen LogP) is 2.84. The van der Waals surface area contributed by atoms with Crippen LogP contribution >= 0.6 is 0 Å². The van der Waals surface area contributed by atoms with Gasteiger partial charge in [0.1, 0.15) is 0 Å². The zero-order chi connectivity index (χ0) is 12.2. The molecule has 96 valence electrons. The van der Waals surface area contributed by atoms with E-state index in [0.717, 1.165) is 19.6 Å². The van der Waals surface area contributed by atoms with E-state index in [0.29, 0.717) is 13.0 Å². The van der Waals surface area contributed by atoms with Crippen LogP contribution in [-0.2, 0) is 9.53 Å². The third-order valence-corrected chi connectivity index (χ3v) is 2.59. The maximum Gasteiger partial charge on any atom is 0.307 e. The molecular weight excluding hydrogens is 202 g/mol. The molecule has 0 rings (SSSR count). The summed E-state index contributed by atoms with van der Waals surface area (Å²) in [7, 11) is 0. The van der Waals surface area contributed by atoms with Crippen LogP contribution in [0.3, 0.4) is 0 Å². The molecular formula is C13H27NO2. The third-order valence-electron chi connectivity index (χ3n) is 2.59. The fourth-order valence-electron chi connectivity index (χ4n) is 1.58. The number of carbonyl (C=O) groups is 1. The minimum Gasteiger partial charge on any atom is -0.466 e. The van der Waals surface area contributed by atoms with Crippen LogP contribution in [0.25, 0.3) is 0 Å². The van der Waals surface area contributed by atoms with E-state index in [2.05, 4.69) is 18.7 Å². The van der Waals surface area contributed by atoms with Crippen LogP contribution in [0.15, 0.2) is 0 Å². The molecule has 3 nitrogen and oxygen atoms in total. The second-order valence-electron chi connectivity index (χ2n) is 4.10. The van der Waals surface area contributed by atoms with Crippen LogP contribution < -0.4 is 0 Å². The Balaban J connectivity index is 3.75. The van der Waals surface area contributed by atoms with Gasteiger partial charge in [0.2, 0.25) is 0 Å². The monoisotopic (exact) mass is 229 g/mol. The van der Waals surface area contributed by atoms with E-state index < -0.39 is 0 Å². The highest BCUT2D eigenvalue weighted by Gasteiger charge is 2.07. The number of ether oxygens (including phenoxy) is 1. The molecule has 16 heavy (non-hydrogen) atoms. The summed E-state index contributed by atoms with van der Waals surface area (Å²) in [5.41, 5.74) is 0. The van der Waals surface area contributed by atoms with E-state index in [9.17, 15) is 4.79 Å². The van der Waals surface area contributed by atoms with Crippen molar-refractivity contribution in [3.63, 3.8) is 0 Å². The van der Waals surface area contributed by atoms with Crippen molar-refractivity contribution in [1.29, 1.82) is 0 Å². The van der Waals surface area contributed by atoms with Crippen molar-refractivity contribution in [2.45, 2.75) is 52.9 Å². The van der Waals surface area contributed by atoms with Crippen molar-refractivity contribution in [3.05, 3.63) is 0 Å². The van der Waals surface area contributed by atoms with Crippen LogP contribution in [0, 0.1) is 0 Å². The normalized spacial score (nSPS) is 10.8. The number of carbonyl (C=O) groups excluding carboxylic acids is 1. The maximum absolute atomic E-state index is 11.2. The highest BCUT2D eigenvalue weighted by Crippen LogP contribution is 2.01. The van der Waals surface area contributed by atoms with Crippen molar-refractivity contribution in [2.24, 2.45) is 0 Å². The summed E-state index contributed by atoms with van der Waals surface area (Å²) in [6.07, 6.45) is 5.38. The first kappa shape index (κ1) is 15.4. The molecule has 0 radical (unpaired) electrons. The third kappa shape index (κ3) is 8.72. The quantitative estimate of drug-likeness (QED) is 0.539. The Morgan fingerprint density at radius 3 is 2.00 bits per heavy atom. The molecule has 0 aliphatic rings. The summed E-state index contributed by atoms with van der Waals surface area (Å²) in [6.45, 7) is 9.80. The number of hydrogen-bond donors (Lipinski definition) is 0. The van der Waals surface area contributed by atoms with Gasteiger partial charge in [0, 0.05) is 6.54 Å². The van der Waals surface area contributed by atoms with Crippen LogP contribution in [-0.4, -0.2) is 37.1 Å². The molecule has 0 bridgehead atoms. The Kier molecular flexibility index (Phi) is 10.5. The molecule has 0 N–H and O–H groups in total. The average molecular weight is 229 g/mol. The first-order valence-electron chi connectivity index (χ1n) is 6.62. The summed E-state index contributed by atoms with van der Waals surface area (Å²) in [4.78, 5) is 13.6. The van der Waals surface area contributed by atoms with E-state index in [1.54, 1.807) is 0 Å². The van der Waals surface area contributed by atoms with E-state index >= 15 is 0 Å². The highest BCUT2D eigenvalue weighted by atomic mass is 16.5. The van der Waals surface area contributed by atoms with Gasteiger partial charge < -0.3 is 9.64 Å². The van der Waals surface area contributed by atoms with Gasteiger partial charge in [0.25, 0.3) is 0 Å². The molecule has 0 fully saturated rings. The van der Waals surface area contributed by atoms with Gasteiger partial charge in [0.05, 0.1) is 13.0 Å². The Morgan fingerprint density at radius 2 is 1.56 bits per heavy atom. The molecule has 0 aromatic heterocycles. The molecule has 0 aliphatic heterocycles. The van der Waals surface area contributed by atoms with Gasteiger partial charge in [-0.2, -0.15) is 0 Å². The zero-order valence-corrected chi connectivity index (χ0v) is 11.1. The Labute approximate surface area is 100 Å². The molecule has 0 heterocycles. The Hall–Kier alpha value is -0.570. The molecule has 0 spiro atoms. The van der Waals surface area contributed by atoms with Crippen molar-refractivity contribution < 1.29 is 9.53 Å². The fourth-order valence-corrected chi connectivity index (χ4v) is 1.58. The van der Waals surface area contributed by atoms with E-state index in [4.69, 9.17) is 4.74 Å². The summed E-state index contributed by atoms with van der Waals surface area (Å²) in [5, 5.41) is 0. The van der Waals surface area contributed by atoms with Gasteiger partial charge in [-0.25, -0.2) is 0 Å². The largest absolute Gasteiger partial charge is 0.466 e. The number of nitrogens with zero attached hydrogens (tertiary/aromatic N) is 1. The first-order valence-corrected chi connectivity index (χ1v) is 6.62. The van der Waals surface area contributed by atoms with E-state index in [1.807, 2.05) is 6.92 Å². The van der Waals surface area contributed by atoms with E-state index in [-0.39, 0.29) is 5.97 Å². The average Bonchev–Trinajstić information content (AvgIpc) is 2.28. The van der Waals surface area contributed by atoms with Gasteiger partial charge >= 0.3 is 5.97 Å². The van der Waals surface area contributed by atoms with Crippen molar-refractivity contribution in [3.8, 4) is 0 Å². The smallest absolute Gasteiger partial charge is 0.307 e. The number of hydrogen-bond acceptors (Lipinski definition) is 3.